The minimum Gasteiger partial charge on any atom is -0.458 e. The molecule has 0 saturated heterocycles. The fraction of sp³-hybridized carbons (Fsp3) is 0.0204. The molecule has 2 aliphatic rings. The SMILES string of the molecule is Cc1ccc(N(c2ccc3c(c2)Oc2ccc(-c4ccccc4)c4c2B3c2ccccc2N4c2ccccc2)c2ccc3c(c2)oc2ccccc23)cc1. The van der Waals surface area contributed by atoms with E-state index in [1.807, 2.05) is 12.1 Å². The Balaban J connectivity index is 1.11. The van der Waals surface area contributed by atoms with E-state index in [0.717, 1.165) is 67.3 Å². The minimum absolute atomic E-state index is 0.0210. The number of benzene rings is 8. The third-order valence-electron chi connectivity index (χ3n) is 11.0. The summed E-state index contributed by atoms with van der Waals surface area (Å²) in [5.41, 5.74) is 15.4. The van der Waals surface area contributed by atoms with Crippen molar-refractivity contribution >= 4 is 79.2 Å². The topological polar surface area (TPSA) is 28.9 Å². The van der Waals surface area contributed by atoms with E-state index in [1.165, 1.54) is 33.3 Å². The van der Waals surface area contributed by atoms with Gasteiger partial charge in [-0.25, -0.2) is 0 Å². The van der Waals surface area contributed by atoms with Gasteiger partial charge in [-0.3, -0.25) is 0 Å². The van der Waals surface area contributed by atoms with E-state index in [0.29, 0.717) is 0 Å². The van der Waals surface area contributed by atoms with Crippen LogP contribution in [-0.4, -0.2) is 6.71 Å². The predicted molar refractivity (Wildman–Crippen MR) is 224 cm³/mol. The molecule has 3 heterocycles. The molecule has 0 fully saturated rings. The van der Waals surface area contributed by atoms with Crippen LogP contribution in [0.4, 0.5) is 34.1 Å². The molecule has 254 valence electrons. The summed E-state index contributed by atoms with van der Waals surface area (Å²) in [5.74, 6) is 1.73. The van der Waals surface area contributed by atoms with Crippen LogP contribution in [0.15, 0.2) is 186 Å². The monoisotopic (exact) mass is 692 g/mol. The largest absolute Gasteiger partial charge is 0.458 e. The van der Waals surface area contributed by atoms with Crippen molar-refractivity contribution in [2.24, 2.45) is 0 Å². The standard InChI is InChI=1S/C49H33BN2O2/c1-32-20-22-35(23-21-32)51(36-24-26-40-39-16-8-11-19-44(39)53-46(40)30-36)37-25-28-42-47(31-37)54-45-29-27-38(33-12-4-2-5-13-33)49-48(45)50(42)41-17-9-10-18-43(41)52(49)34-14-6-3-7-15-34/h2-31H,1H3. The van der Waals surface area contributed by atoms with Crippen molar-refractivity contribution in [1.82, 2.24) is 0 Å². The van der Waals surface area contributed by atoms with Gasteiger partial charge in [0, 0.05) is 56.9 Å². The van der Waals surface area contributed by atoms with Gasteiger partial charge >= 0.3 is 0 Å². The molecule has 0 aliphatic carbocycles. The average molecular weight is 693 g/mol. The summed E-state index contributed by atoms with van der Waals surface area (Å²) in [6.07, 6.45) is 0. The first-order valence-electron chi connectivity index (χ1n) is 18.5. The Kier molecular flexibility index (Phi) is 6.83. The molecule has 2 aliphatic heterocycles. The van der Waals surface area contributed by atoms with E-state index in [-0.39, 0.29) is 6.71 Å². The Morgan fingerprint density at radius 2 is 1.20 bits per heavy atom. The predicted octanol–water partition coefficient (Wildman–Crippen LogP) is 11.4. The first-order valence-corrected chi connectivity index (χ1v) is 18.5. The molecule has 0 bridgehead atoms. The lowest BCUT2D eigenvalue weighted by atomic mass is 9.34. The Labute approximate surface area is 314 Å². The highest BCUT2D eigenvalue weighted by molar-refractivity contribution is 6.99. The summed E-state index contributed by atoms with van der Waals surface area (Å²) < 4.78 is 13.4. The van der Waals surface area contributed by atoms with E-state index >= 15 is 0 Å². The number of hydrogen-bond donors (Lipinski definition) is 0. The highest BCUT2D eigenvalue weighted by atomic mass is 16.5. The average Bonchev–Trinajstić information content (AvgIpc) is 3.60. The van der Waals surface area contributed by atoms with Crippen molar-refractivity contribution in [3.63, 3.8) is 0 Å². The summed E-state index contributed by atoms with van der Waals surface area (Å²) in [7, 11) is 0. The molecule has 11 rings (SSSR count). The maximum atomic E-state index is 7.03. The van der Waals surface area contributed by atoms with Crippen LogP contribution in [0.3, 0.4) is 0 Å². The first kappa shape index (κ1) is 30.6. The number of para-hydroxylation sites is 3. The van der Waals surface area contributed by atoms with Crippen LogP contribution in [0.1, 0.15) is 5.56 Å². The first-order chi connectivity index (χ1) is 26.7. The van der Waals surface area contributed by atoms with Gasteiger partial charge in [0.05, 0.1) is 5.69 Å². The Morgan fingerprint density at radius 3 is 2.06 bits per heavy atom. The number of anilines is 6. The normalized spacial score (nSPS) is 12.6. The molecule has 5 heteroatoms. The summed E-state index contributed by atoms with van der Waals surface area (Å²) in [6.45, 7) is 2.10. The van der Waals surface area contributed by atoms with Gasteiger partial charge in [-0.1, -0.05) is 109 Å². The molecule has 9 aromatic rings. The van der Waals surface area contributed by atoms with Gasteiger partial charge in [-0.15, -0.1) is 0 Å². The van der Waals surface area contributed by atoms with E-state index in [1.54, 1.807) is 0 Å². The second-order valence-corrected chi connectivity index (χ2v) is 14.2. The molecule has 0 amide bonds. The number of ether oxygens (including phenoxy) is 1. The highest BCUT2D eigenvalue weighted by Gasteiger charge is 2.43. The third kappa shape index (κ3) is 4.72. The molecular weight excluding hydrogens is 659 g/mol. The van der Waals surface area contributed by atoms with Crippen LogP contribution in [0.25, 0.3) is 33.1 Å². The summed E-state index contributed by atoms with van der Waals surface area (Å²) in [5, 5.41) is 2.23. The van der Waals surface area contributed by atoms with Crippen molar-refractivity contribution in [3.8, 4) is 22.6 Å². The fourth-order valence-electron chi connectivity index (χ4n) is 8.53. The molecule has 4 nitrogen and oxygen atoms in total. The Bertz CT molecular complexity index is 2880. The molecule has 54 heavy (non-hydrogen) atoms. The van der Waals surface area contributed by atoms with E-state index < -0.39 is 0 Å². The van der Waals surface area contributed by atoms with E-state index in [9.17, 15) is 0 Å². The zero-order valence-electron chi connectivity index (χ0n) is 29.6. The van der Waals surface area contributed by atoms with Crippen LogP contribution in [0.5, 0.6) is 11.5 Å². The van der Waals surface area contributed by atoms with Crippen molar-refractivity contribution in [2.75, 3.05) is 9.80 Å². The Morgan fingerprint density at radius 1 is 0.519 bits per heavy atom. The van der Waals surface area contributed by atoms with Crippen LogP contribution in [0.2, 0.25) is 0 Å². The molecule has 0 spiro atoms. The molecule has 0 atom stereocenters. The molecule has 0 N–H and O–H groups in total. The van der Waals surface area contributed by atoms with Crippen LogP contribution < -0.4 is 30.9 Å². The van der Waals surface area contributed by atoms with Crippen molar-refractivity contribution in [3.05, 3.63) is 188 Å². The smallest absolute Gasteiger partial charge is 0.256 e. The molecule has 0 saturated carbocycles. The maximum Gasteiger partial charge on any atom is 0.256 e. The minimum atomic E-state index is -0.0210. The lowest BCUT2D eigenvalue weighted by Crippen LogP contribution is -2.59. The van der Waals surface area contributed by atoms with Crippen LogP contribution in [0, 0.1) is 6.92 Å². The number of furan rings is 1. The van der Waals surface area contributed by atoms with Gasteiger partial charge in [0.15, 0.2) is 0 Å². The van der Waals surface area contributed by atoms with Crippen molar-refractivity contribution in [1.29, 1.82) is 0 Å². The van der Waals surface area contributed by atoms with Gasteiger partial charge in [0.25, 0.3) is 6.71 Å². The molecular formula is C49H33BN2O2. The summed E-state index contributed by atoms with van der Waals surface area (Å²) >= 11 is 0. The molecule has 0 unspecified atom stereocenters. The van der Waals surface area contributed by atoms with E-state index in [2.05, 4.69) is 187 Å². The molecule has 1 aromatic heterocycles. The summed E-state index contributed by atoms with van der Waals surface area (Å²) in [4.78, 5) is 4.71. The summed E-state index contributed by atoms with van der Waals surface area (Å²) in [6, 6.07) is 64.7. The van der Waals surface area contributed by atoms with E-state index in [4.69, 9.17) is 9.15 Å². The third-order valence-corrected chi connectivity index (χ3v) is 11.0. The van der Waals surface area contributed by atoms with Gasteiger partial charge in [0.1, 0.15) is 22.7 Å². The van der Waals surface area contributed by atoms with Gasteiger partial charge in [-0.05, 0) is 95.6 Å². The molecule has 8 aromatic carbocycles. The number of fused-ring (bicyclic) bond motifs is 7. The van der Waals surface area contributed by atoms with Crippen molar-refractivity contribution < 1.29 is 9.15 Å². The van der Waals surface area contributed by atoms with Gasteiger partial charge in [-0.2, -0.15) is 0 Å². The quantitative estimate of drug-likeness (QED) is 0.168. The number of nitrogens with zero attached hydrogens (tertiary/aromatic N) is 2. The van der Waals surface area contributed by atoms with Crippen LogP contribution in [-0.2, 0) is 0 Å². The fourth-order valence-corrected chi connectivity index (χ4v) is 8.53. The van der Waals surface area contributed by atoms with Gasteiger partial charge in [0.2, 0.25) is 0 Å². The maximum absolute atomic E-state index is 7.03. The van der Waals surface area contributed by atoms with Gasteiger partial charge < -0.3 is 19.0 Å². The lowest BCUT2D eigenvalue weighted by molar-refractivity contribution is 0.487. The lowest BCUT2D eigenvalue weighted by Gasteiger charge is -2.41. The second-order valence-electron chi connectivity index (χ2n) is 14.2. The number of hydrogen-bond acceptors (Lipinski definition) is 4. The Hall–Kier alpha value is -6.98. The number of rotatable bonds is 5. The second kappa shape index (κ2) is 12.0. The highest BCUT2D eigenvalue weighted by Crippen LogP contribution is 2.46. The van der Waals surface area contributed by atoms with Crippen LogP contribution >= 0.6 is 0 Å². The van der Waals surface area contributed by atoms with Crippen molar-refractivity contribution in [2.45, 2.75) is 6.92 Å². The molecule has 0 radical (unpaired) electrons. The number of aryl methyl sites for hydroxylation is 1. The zero-order valence-corrected chi connectivity index (χ0v) is 29.6. The zero-order chi connectivity index (χ0) is 35.8.